The van der Waals surface area contributed by atoms with Crippen LogP contribution in [0.5, 0.6) is 0 Å². The summed E-state index contributed by atoms with van der Waals surface area (Å²) < 4.78 is 0. The minimum absolute atomic E-state index is 0.757. The van der Waals surface area contributed by atoms with Crippen molar-refractivity contribution in [1.29, 1.82) is 0 Å². The lowest BCUT2D eigenvalue weighted by molar-refractivity contribution is 0.565. The number of hydrogen-bond donors (Lipinski definition) is 0. The van der Waals surface area contributed by atoms with Gasteiger partial charge in [-0.2, -0.15) is 0 Å². The Balaban J connectivity index is 1.91. The maximum Gasteiger partial charge on any atom is 0.0240 e. The molecule has 0 aromatic carbocycles. The molecule has 1 unspecified atom stereocenters. The summed E-state index contributed by atoms with van der Waals surface area (Å²) in [7, 11) is 0. The lowest BCUT2D eigenvalue weighted by Crippen LogP contribution is -2.20. The number of allylic oxidation sites excluding steroid dienone is 6. The molecule has 13 heavy (non-hydrogen) atoms. The summed E-state index contributed by atoms with van der Waals surface area (Å²) in [5.41, 5.74) is 5.16. The van der Waals surface area contributed by atoms with E-state index in [0.29, 0.717) is 0 Å². The van der Waals surface area contributed by atoms with E-state index in [4.69, 9.17) is 0 Å². The molecule has 0 spiro atoms. The number of rotatable bonds is 0. The van der Waals surface area contributed by atoms with E-state index in [1.165, 1.54) is 38.5 Å². The molecule has 0 fully saturated rings. The highest BCUT2D eigenvalue weighted by molar-refractivity contribution is 5.59. The zero-order valence-electron chi connectivity index (χ0n) is 8.05. The van der Waals surface area contributed by atoms with E-state index in [0.717, 1.165) is 5.92 Å². The zero-order chi connectivity index (χ0) is 8.67. The Labute approximate surface area is 80.0 Å². The van der Waals surface area contributed by atoms with Crippen molar-refractivity contribution in [3.63, 3.8) is 0 Å². The van der Waals surface area contributed by atoms with Crippen molar-refractivity contribution < 1.29 is 0 Å². The van der Waals surface area contributed by atoms with Crippen molar-refractivity contribution in [1.82, 2.24) is 0 Å². The Morgan fingerprint density at radius 2 is 1.85 bits per heavy atom. The van der Waals surface area contributed by atoms with Gasteiger partial charge < -0.3 is 0 Å². The van der Waals surface area contributed by atoms with Gasteiger partial charge in [0.05, 0.1) is 0 Å². The fraction of sp³-hybridized carbons (Fsp3) is 0.538. The molecule has 3 rings (SSSR count). The van der Waals surface area contributed by atoms with Crippen LogP contribution in [0.25, 0.3) is 0 Å². The SMILES string of the molecule is C1=CC2C(=C1)C1=C2CCCCCC1. The summed E-state index contributed by atoms with van der Waals surface area (Å²) in [6.45, 7) is 0. The first-order valence-corrected chi connectivity index (χ1v) is 5.57. The Hall–Kier alpha value is -0.780. The second-order valence-corrected chi connectivity index (χ2v) is 4.40. The van der Waals surface area contributed by atoms with Gasteiger partial charge in [-0.1, -0.05) is 36.6 Å². The maximum atomic E-state index is 2.37. The van der Waals surface area contributed by atoms with E-state index in [2.05, 4.69) is 18.2 Å². The van der Waals surface area contributed by atoms with Gasteiger partial charge in [0.1, 0.15) is 0 Å². The molecule has 0 amide bonds. The maximum absolute atomic E-state index is 2.37. The molecule has 0 heterocycles. The average Bonchev–Trinajstić information content (AvgIpc) is 2.48. The first-order valence-electron chi connectivity index (χ1n) is 5.57. The molecule has 0 aromatic heterocycles. The summed E-state index contributed by atoms with van der Waals surface area (Å²) >= 11 is 0. The van der Waals surface area contributed by atoms with Crippen molar-refractivity contribution >= 4 is 0 Å². The lowest BCUT2D eigenvalue weighted by Gasteiger charge is -2.35. The highest BCUT2D eigenvalue weighted by atomic mass is 14.4. The van der Waals surface area contributed by atoms with Gasteiger partial charge in [0.25, 0.3) is 0 Å². The van der Waals surface area contributed by atoms with Gasteiger partial charge in [0, 0.05) is 5.92 Å². The topological polar surface area (TPSA) is 0 Å². The summed E-state index contributed by atoms with van der Waals surface area (Å²) in [6, 6.07) is 0. The summed E-state index contributed by atoms with van der Waals surface area (Å²) in [6.07, 6.45) is 15.4. The van der Waals surface area contributed by atoms with Crippen LogP contribution in [0.4, 0.5) is 0 Å². The molecule has 0 saturated heterocycles. The number of fused-ring (bicyclic) bond motifs is 3. The van der Waals surface area contributed by atoms with Gasteiger partial charge in [0.2, 0.25) is 0 Å². The molecule has 3 aliphatic carbocycles. The highest BCUT2D eigenvalue weighted by Gasteiger charge is 2.33. The molecular formula is C13H16. The second-order valence-electron chi connectivity index (χ2n) is 4.40. The van der Waals surface area contributed by atoms with Crippen LogP contribution in [-0.2, 0) is 0 Å². The summed E-state index contributed by atoms with van der Waals surface area (Å²) in [4.78, 5) is 0. The summed E-state index contributed by atoms with van der Waals surface area (Å²) in [5, 5.41) is 0. The monoisotopic (exact) mass is 172 g/mol. The normalized spacial score (nSPS) is 31.4. The van der Waals surface area contributed by atoms with E-state index >= 15 is 0 Å². The molecule has 0 bridgehead atoms. The highest BCUT2D eigenvalue weighted by Crippen LogP contribution is 2.49. The summed E-state index contributed by atoms with van der Waals surface area (Å²) in [5.74, 6) is 0.757. The Kier molecular flexibility index (Phi) is 1.68. The van der Waals surface area contributed by atoms with Crippen molar-refractivity contribution in [2.24, 2.45) is 5.92 Å². The molecule has 0 heteroatoms. The molecule has 0 saturated carbocycles. The predicted molar refractivity (Wildman–Crippen MR) is 55.4 cm³/mol. The Morgan fingerprint density at radius 1 is 1.00 bits per heavy atom. The molecule has 0 nitrogen and oxygen atoms in total. The second kappa shape index (κ2) is 2.87. The Bertz CT molecular complexity index is 315. The third-order valence-electron chi connectivity index (χ3n) is 3.65. The van der Waals surface area contributed by atoms with Crippen LogP contribution >= 0.6 is 0 Å². The lowest BCUT2D eigenvalue weighted by atomic mass is 9.70. The molecule has 0 aromatic rings. The van der Waals surface area contributed by atoms with E-state index in [9.17, 15) is 0 Å². The van der Waals surface area contributed by atoms with Crippen LogP contribution in [0.15, 0.2) is 34.9 Å². The molecule has 0 aliphatic heterocycles. The average molecular weight is 172 g/mol. The molecule has 0 radical (unpaired) electrons. The van der Waals surface area contributed by atoms with Crippen LogP contribution in [0.2, 0.25) is 0 Å². The van der Waals surface area contributed by atoms with E-state index in [1.807, 2.05) is 0 Å². The predicted octanol–water partition coefficient (Wildman–Crippen LogP) is 3.76. The molecule has 1 atom stereocenters. The molecule has 3 aliphatic rings. The van der Waals surface area contributed by atoms with Gasteiger partial charge in [-0.25, -0.2) is 0 Å². The molecular weight excluding hydrogens is 156 g/mol. The fourth-order valence-electron chi connectivity index (χ4n) is 2.95. The smallest absolute Gasteiger partial charge is 0.0240 e. The Morgan fingerprint density at radius 3 is 2.77 bits per heavy atom. The van der Waals surface area contributed by atoms with E-state index < -0.39 is 0 Å². The van der Waals surface area contributed by atoms with Crippen LogP contribution in [0, 0.1) is 5.92 Å². The van der Waals surface area contributed by atoms with Crippen LogP contribution in [-0.4, -0.2) is 0 Å². The zero-order valence-corrected chi connectivity index (χ0v) is 8.05. The molecule has 0 N–H and O–H groups in total. The van der Waals surface area contributed by atoms with Crippen molar-refractivity contribution in [3.8, 4) is 0 Å². The quantitative estimate of drug-likeness (QED) is 0.522. The van der Waals surface area contributed by atoms with E-state index in [-0.39, 0.29) is 0 Å². The van der Waals surface area contributed by atoms with Gasteiger partial charge in [0.15, 0.2) is 0 Å². The standard InChI is InChI=1S/C13H16/c1-2-4-7-11-10(6-3-1)12-8-5-9-13(11)12/h5,8-9,12H,1-4,6-7H2. The molecule has 68 valence electrons. The van der Waals surface area contributed by atoms with Gasteiger partial charge in [-0.15, -0.1) is 0 Å². The van der Waals surface area contributed by atoms with E-state index in [1.54, 1.807) is 16.7 Å². The first-order chi connectivity index (χ1) is 6.47. The van der Waals surface area contributed by atoms with Crippen molar-refractivity contribution in [2.45, 2.75) is 38.5 Å². The van der Waals surface area contributed by atoms with Crippen molar-refractivity contribution in [2.75, 3.05) is 0 Å². The minimum atomic E-state index is 0.757. The third kappa shape index (κ3) is 1.04. The minimum Gasteiger partial charge on any atom is -0.0729 e. The fourth-order valence-corrected chi connectivity index (χ4v) is 2.95. The van der Waals surface area contributed by atoms with Gasteiger partial charge >= 0.3 is 0 Å². The van der Waals surface area contributed by atoms with Crippen LogP contribution < -0.4 is 0 Å². The van der Waals surface area contributed by atoms with Gasteiger partial charge in [-0.05, 0) is 36.8 Å². The number of hydrogen-bond acceptors (Lipinski definition) is 0. The van der Waals surface area contributed by atoms with Crippen LogP contribution in [0.1, 0.15) is 38.5 Å². The third-order valence-corrected chi connectivity index (χ3v) is 3.65. The first kappa shape index (κ1) is 7.61. The largest absolute Gasteiger partial charge is 0.0729 e. The van der Waals surface area contributed by atoms with Crippen molar-refractivity contribution in [3.05, 3.63) is 34.9 Å². The van der Waals surface area contributed by atoms with Gasteiger partial charge in [-0.3, -0.25) is 0 Å². The van der Waals surface area contributed by atoms with Crippen LogP contribution in [0.3, 0.4) is 0 Å².